The van der Waals surface area contributed by atoms with Gasteiger partial charge in [-0.05, 0) is 67.2 Å². The fourth-order valence-electron chi connectivity index (χ4n) is 5.56. The summed E-state index contributed by atoms with van der Waals surface area (Å²) in [6, 6.07) is 6.56. The number of rotatable bonds is 7. The molecule has 31 heavy (non-hydrogen) atoms. The third-order valence-electron chi connectivity index (χ3n) is 7.59. The van der Waals surface area contributed by atoms with Gasteiger partial charge in [0.15, 0.2) is 0 Å². The summed E-state index contributed by atoms with van der Waals surface area (Å²) in [5, 5.41) is 22.9. The Balaban J connectivity index is 1.22. The van der Waals surface area contributed by atoms with Gasteiger partial charge in [0.25, 0.3) is 0 Å². The highest BCUT2D eigenvalue weighted by molar-refractivity contribution is 7.09. The molecular formula is C25H33NO4S. The number of aliphatic hydroxyl groups is 2. The van der Waals surface area contributed by atoms with Gasteiger partial charge in [-0.15, -0.1) is 11.3 Å². The maximum Gasteiger partial charge on any atom is 0.122 e. The Bertz CT molecular complexity index is 895. The molecule has 3 aliphatic rings. The van der Waals surface area contributed by atoms with Crippen molar-refractivity contribution in [1.82, 2.24) is 4.98 Å². The summed E-state index contributed by atoms with van der Waals surface area (Å²) in [5.74, 6) is 2.06. The molecule has 3 fully saturated rings. The zero-order chi connectivity index (χ0) is 21.4. The normalized spacial score (nSPS) is 30.7. The van der Waals surface area contributed by atoms with E-state index in [2.05, 4.69) is 30.1 Å². The fourth-order valence-corrected chi connectivity index (χ4v) is 6.44. The maximum absolute atomic E-state index is 10.8. The number of ether oxygens (including phenoxy) is 2. The number of aliphatic hydroxyl groups excluding tert-OH is 2. The molecule has 2 aliphatic carbocycles. The molecule has 2 heterocycles. The molecule has 0 radical (unpaired) electrons. The maximum atomic E-state index is 10.8. The molecule has 2 saturated carbocycles. The summed E-state index contributed by atoms with van der Waals surface area (Å²) >= 11 is 1.55. The van der Waals surface area contributed by atoms with Crippen molar-refractivity contribution in [2.24, 2.45) is 11.8 Å². The minimum atomic E-state index is -0.390. The topological polar surface area (TPSA) is 71.8 Å². The van der Waals surface area contributed by atoms with E-state index >= 15 is 0 Å². The molecular weight excluding hydrogens is 410 g/mol. The van der Waals surface area contributed by atoms with E-state index in [4.69, 9.17) is 9.47 Å². The summed E-state index contributed by atoms with van der Waals surface area (Å²) < 4.78 is 12.6. The molecule has 0 spiro atoms. The van der Waals surface area contributed by atoms with Crippen LogP contribution in [0.4, 0.5) is 0 Å². The molecule has 168 valence electrons. The Morgan fingerprint density at radius 3 is 2.81 bits per heavy atom. The van der Waals surface area contributed by atoms with E-state index in [1.54, 1.807) is 11.3 Å². The molecule has 0 bridgehead atoms. The van der Waals surface area contributed by atoms with Crippen molar-refractivity contribution in [3.05, 3.63) is 45.4 Å². The highest BCUT2D eigenvalue weighted by atomic mass is 32.1. The van der Waals surface area contributed by atoms with Gasteiger partial charge in [0, 0.05) is 17.7 Å². The molecule has 5 atom stereocenters. The first-order chi connectivity index (χ1) is 15.2. The molecule has 0 unspecified atom stereocenters. The third kappa shape index (κ3) is 4.28. The van der Waals surface area contributed by atoms with Crippen molar-refractivity contribution in [2.45, 2.75) is 82.7 Å². The van der Waals surface area contributed by atoms with Gasteiger partial charge in [-0.1, -0.05) is 19.4 Å². The highest BCUT2D eigenvalue weighted by Gasteiger charge is 2.47. The largest absolute Gasteiger partial charge is 0.493 e. The molecule has 0 amide bonds. The van der Waals surface area contributed by atoms with Crippen LogP contribution in [-0.2, 0) is 17.8 Å². The van der Waals surface area contributed by atoms with Crippen molar-refractivity contribution in [3.8, 4) is 5.75 Å². The number of benzene rings is 1. The summed E-state index contributed by atoms with van der Waals surface area (Å²) in [6.45, 7) is 2.73. The SMILES string of the molecule is CCc1ccc(OC[C@@H]2[C@H]3CC[C@H](c4nc(CO)cs4)O[C@H]3C[C@@H]2O)cc1C1CCC1. The first kappa shape index (κ1) is 21.4. The lowest BCUT2D eigenvalue weighted by atomic mass is 9.78. The molecule has 2 N–H and O–H groups in total. The second-order valence-corrected chi connectivity index (χ2v) is 10.2. The van der Waals surface area contributed by atoms with Gasteiger partial charge in [-0.2, -0.15) is 0 Å². The van der Waals surface area contributed by atoms with Crippen LogP contribution in [-0.4, -0.2) is 34.0 Å². The molecule has 2 aromatic rings. The van der Waals surface area contributed by atoms with Crippen LogP contribution in [0.25, 0.3) is 0 Å². The number of fused-ring (bicyclic) bond motifs is 1. The minimum absolute atomic E-state index is 0.0231. The zero-order valence-electron chi connectivity index (χ0n) is 18.2. The van der Waals surface area contributed by atoms with Crippen molar-refractivity contribution in [3.63, 3.8) is 0 Å². The molecule has 1 saturated heterocycles. The van der Waals surface area contributed by atoms with E-state index in [1.165, 1.54) is 30.4 Å². The van der Waals surface area contributed by atoms with E-state index in [1.807, 2.05) is 5.38 Å². The first-order valence-electron chi connectivity index (χ1n) is 11.8. The summed E-state index contributed by atoms with van der Waals surface area (Å²) in [7, 11) is 0. The molecule has 1 aromatic carbocycles. The Hall–Kier alpha value is -1.47. The Morgan fingerprint density at radius 1 is 1.23 bits per heavy atom. The summed E-state index contributed by atoms with van der Waals surface area (Å²) in [4.78, 5) is 4.49. The van der Waals surface area contributed by atoms with Gasteiger partial charge in [-0.25, -0.2) is 4.98 Å². The highest BCUT2D eigenvalue weighted by Crippen LogP contribution is 2.46. The monoisotopic (exact) mass is 443 g/mol. The molecule has 5 rings (SSSR count). The van der Waals surface area contributed by atoms with Crippen LogP contribution in [0.5, 0.6) is 5.75 Å². The quantitative estimate of drug-likeness (QED) is 0.645. The standard InChI is InChI=1S/C25H33NO4S/c1-2-15-6-7-18(10-20(15)16-4-3-5-16)29-13-21-19-8-9-23(30-24(19)11-22(21)28)25-26-17(12-27)14-31-25/h6-7,10,14,16,19,21-24,27-28H,2-5,8-9,11-13H2,1H3/t19-,21-,22+,23-,24+/m1/s1. The third-order valence-corrected chi connectivity index (χ3v) is 8.57. The van der Waals surface area contributed by atoms with E-state index < -0.39 is 0 Å². The molecule has 5 nitrogen and oxygen atoms in total. The zero-order valence-corrected chi connectivity index (χ0v) is 19.0. The van der Waals surface area contributed by atoms with Gasteiger partial charge in [-0.3, -0.25) is 0 Å². The number of hydrogen-bond donors (Lipinski definition) is 2. The number of hydrogen-bond acceptors (Lipinski definition) is 6. The van der Waals surface area contributed by atoms with E-state index in [0.717, 1.165) is 30.0 Å². The average Bonchev–Trinajstić information content (AvgIpc) is 3.34. The van der Waals surface area contributed by atoms with Gasteiger partial charge >= 0.3 is 0 Å². The van der Waals surface area contributed by atoms with Gasteiger partial charge in [0.05, 0.1) is 31.1 Å². The van der Waals surface area contributed by atoms with Gasteiger partial charge in [0.2, 0.25) is 0 Å². The van der Waals surface area contributed by atoms with Crippen LogP contribution in [0.15, 0.2) is 23.6 Å². The number of thiazole rings is 1. The fraction of sp³-hybridized carbons (Fsp3) is 0.640. The second kappa shape index (κ2) is 9.18. The van der Waals surface area contributed by atoms with Crippen LogP contribution in [0.2, 0.25) is 0 Å². The van der Waals surface area contributed by atoms with Crippen LogP contribution >= 0.6 is 11.3 Å². The summed E-state index contributed by atoms with van der Waals surface area (Å²) in [5.41, 5.74) is 3.61. The molecule has 1 aromatic heterocycles. The lowest BCUT2D eigenvalue weighted by Gasteiger charge is -2.34. The lowest BCUT2D eigenvalue weighted by molar-refractivity contribution is -0.0812. The van der Waals surface area contributed by atoms with E-state index in [9.17, 15) is 10.2 Å². The smallest absolute Gasteiger partial charge is 0.122 e. The van der Waals surface area contributed by atoms with Crippen LogP contribution in [0.1, 0.15) is 79.3 Å². The predicted octanol–water partition coefficient (Wildman–Crippen LogP) is 4.76. The Kier molecular flexibility index (Phi) is 6.33. The van der Waals surface area contributed by atoms with Gasteiger partial charge in [0.1, 0.15) is 16.9 Å². The lowest BCUT2D eigenvalue weighted by Crippen LogP contribution is -2.33. The van der Waals surface area contributed by atoms with E-state index in [-0.39, 0.29) is 30.8 Å². The Morgan fingerprint density at radius 2 is 2.10 bits per heavy atom. The molecule has 1 aliphatic heterocycles. The van der Waals surface area contributed by atoms with Crippen molar-refractivity contribution >= 4 is 11.3 Å². The number of nitrogens with zero attached hydrogens (tertiary/aromatic N) is 1. The van der Waals surface area contributed by atoms with Crippen LogP contribution in [0.3, 0.4) is 0 Å². The van der Waals surface area contributed by atoms with Crippen molar-refractivity contribution < 1.29 is 19.7 Å². The first-order valence-corrected chi connectivity index (χ1v) is 12.7. The van der Waals surface area contributed by atoms with E-state index in [0.29, 0.717) is 30.6 Å². The number of aryl methyl sites for hydroxylation is 1. The van der Waals surface area contributed by atoms with Crippen molar-refractivity contribution in [1.29, 1.82) is 0 Å². The average molecular weight is 444 g/mol. The predicted molar refractivity (Wildman–Crippen MR) is 120 cm³/mol. The number of aromatic nitrogens is 1. The summed E-state index contributed by atoms with van der Waals surface area (Å²) in [6.07, 6.45) is 7.19. The van der Waals surface area contributed by atoms with Crippen LogP contribution in [0, 0.1) is 11.8 Å². The van der Waals surface area contributed by atoms with Crippen molar-refractivity contribution in [2.75, 3.05) is 6.61 Å². The molecule has 6 heteroatoms. The van der Waals surface area contributed by atoms with Gasteiger partial charge < -0.3 is 19.7 Å². The minimum Gasteiger partial charge on any atom is -0.493 e. The second-order valence-electron chi connectivity index (χ2n) is 9.36. The van der Waals surface area contributed by atoms with Crippen LogP contribution < -0.4 is 4.74 Å². The Labute approximate surface area is 188 Å².